The third-order valence-corrected chi connectivity index (χ3v) is 13.7. The van der Waals surface area contributed by atoms with Gasteiger partial charge in [0.05, 0.1) is 44.6 Å². The molecule has 0 N–H and O–H groups in total. The summed E-state index contributed by atoms with van der Waals surface area (Å²) in [6.45, 7) is 13.9. The Morgan fingerprint density at radius 2 is 0.675 bits per heavy atom. The molecule has 0 radical (unpaired) electrons. The number of aryl methyl sites for hydroxylation is 8. The lowest BCUT2D eigenvalue weighted by molar-refractivity contribution is -0.142. The fourth-order valence-electron chi connectivity index (χ4n) is 10.7. The molecule has 0 fully saturated rings. The number of halogens is 6. The van der Waals surface area contributed by atoms with Crippen LogP contribution in [0, 0.1) is 66.7 Å². The van der Waals surface area contributed by atoms with Gasteiger partial charge in [0.2, 0.25) is 0 Å². The summed E-state index contributed by atoms with van der Waals surface area (Å²) in [5.41, 5.74) is -1.17. The highest BCUT2D eigenvalue weighted by atomic mass is 19.4. The number of benzene rings is 6. The van der Waals surface area contributed by atoms with Crippen molar-refractivity contribution in [1.82, 2.24) is 68.9 Å². The van der Waals surface area contributed by atoms with Crippen LogP contribution in [0.2, 0.25) is 0 Å². The second kappa shape index (κ2) is 18.6. The topological polar surface area (TPSA) is 188 Å². The predicted molar refractivity (Wildman–Crippen MR) is 288 cm³/mol. The van der Waals surface area contributed by atoms with Gasteiger partial charge in [0.1, 0.15) is 58.2 Å². The third-order valence-electron chi connectivity index (χ3n) is 13.7. The number of alkyl halides is 6. The van der Waals surface area contributed by atoms with Gasteiger partial charge in [0.25, 0.3) is 0 Å². The van der Waals surface area contributed by atoms with Crippen molar-refractivity contribution in [2.45, 2.75) is 67.7 Å². The summed E-state index contributed by atoms with van der Waals surface area (Å²) in [5.74, 6) is 5.22. The van der Waals surface area contributed by atoms with Crippen LogP contribution in [0.3, 0.4) is 0 Å². The molecule has 6 aromatic heterocycles. The zero-order valence-corrected chi connectivity index (χ0v) is 43.8. The van der Waals surface area contributed by atoms with Crippen LogP contribution in [0.1, 0.15) is 63.3 Å². The van der Waals surface area contributed by atoms with E-state index < -0.39 is 34.6 Å². The van der Waals surface area contributed by atoms with E-state index in [2.05, 4.69) is 65.9 Å². The van der Waals surface area contributed by atoms with Gasteiger partial charge in [-0.3, -0.25) is 0 Å². The van der Waals surface area contributed by atoms with Crippen molar-refractivity contribution in [2.24, 2.45) is 0 Å². The fourth-order valence-corrected chi connectivity index (χ4v) is 10.7. The van der Waals surface area contributed by atoms with Gasteiger partial charge in [-0.2, -0.15) is 31.6 Å². The first-order valence-corrected chi connectivity index (χ1v) is 24.9. The fraction of sp³-hybridized carbons (Fsp3) is 0.169. The Labute approximate surface area is 450 Å². The lowest BCUT2D eigenvalue weighted by Crippen LogP contribution is -2.16. The summed E-state index contributed by atoms with van der Waals surface area (Å²) in [4.78, 5) is 54.3. The van der Waals surface area contributed by atoms with Crippen LogP contribution in [0.15, 0.2) is 103 Å². The Hall–Kier alpha value is -9.97. The lowest BCUT2D eigenvalue weighted by atomic mass is 9.90. The molecule has 6 aromatic carbocycles. The number of fused-ring (bicyclic) bond motifs is 6. The van der Waals surface area contributed by atoms with Gasteiger partial charge in [0.15, 0.2) is 23.3 Å². The first kappa shape index (κ1) is 50.8. The van der Waals surface area contributed by atoms with E-state index in [1.165, 1.54) is 12.1 Å². The van der Waals surface area contributed by atoms with Crippen LogP contribution in [-0.4, -0.2) is 68.9 Å². The first-order chi connectivity index (χ1) is 38.1. The lowest BCUT2D eigenvalue weighted by Gasteiger charge is -2.24. The van der Waals surface area contributed by atoms with E-state index in [0.29, 0.717) is 148 Å². The minimum absolute atomic E-state index is 0.138. The largest absolute Gasteiger partial charge is 0.417 e. The molecule has 12 rings (SSSR count). The van der Waals surface area contributed by atoms with Gasteiger partial charge < -0.3 is 9.13 Å². The molecule has 80 heavy (non-hydrogen) atoms. The van der Waals surface area contributed by atoms with E-state index in [9.17, 15) is 5.26 Å². The second-order valence-electron chi connectivity index (χ2n) is 19.3. The van der Waals surface area contributed by atoms with Gasteiger partial charge in [0, 0.05) is 54.9 Å². The monoisotopic (exact) mass is 1070 g/mol. The Kier molecular flexibility index (Phi) is 11.8. The SMILES string of the molecule is Cc1nc(C)nc(-c2ccc3c(c2)c2cc(-c4nc(C)nc(C)n4)ccc2n3-c2ccc(-c3c(C(F)(F)F)cccc3C(F)(F)F)c(-n3c4ccc(-c5nc(C)nc(C)n5)cc4c4cc(-c5nc(C)nc(C)n5)ccc43)c2C#N)n1. The van der Waals surface area contributed by atoms with Crippen molar-refractivity contribution in [3.63, 3.8) is 0 Å². The van der Waals surface area contributed by atoms with E-state index in [-0.39, 0.29) is 16.9 Å². The molecule has 0 atom stereocenters. The molecular weight excluding hydrogens is 1030 g/mol. The van der Waals surface area contributed by atoms with E-state index in [1.807, 2.05) is 24.3 Å². The smallest absolute Gasteiger partial charge is 0.308 e. The molecule has 394 valence electrons. The van der Waals surface area contributed by atoms with Crippen LogP contribution in [0.4, 0.5) is 26.3 Å². The standard InChI is InChI=1S/C59H41F6N15/c1-27-67-28(2)72-54(71-27)35-12-17-47-40(22-35)41-23-36(55-73-29(3)68-30(4)74-55)13-18-48(41)79(47)51-21-16-39(52-45(58(60,61)62)10-9-11-46(52)59(63,64)65)53(44(51)26-66)80-49-19-14-37(56-75-31(5)69-32(6)76-56)24-42(49)43-25-38(15-20-50(43)80)57-77-33(7)70-34(8)78-57/h9-25H,1-8H3. The van der Waals surface area contributed by atoms with Gasteiger partial charge in [-0.05, 0) is 146 Å². The molecule has 0 aliphatic heterocycles. The molecule has 6 heterocycles. The zero-order valence-electron chi connectivity index (χ0n) is 43.8. The van der Waals surface area contributed by atoms with E-state index in [1.54, 1.807) is 113 Å². The van der Waals surface area contributed by atoms with Crippen LogP contribution >= 0.6 is 0 Å². The first-order valence-electron chi connectivity index (χ1n) is 24.9. The van der Waals surface area contributed by atoms with Crippen LogP contribution in [-0.2, 0) is 12.4 Å². The van der Waals surface area contributed by atoms with Crippen LogP contribution < -0.4 is 0 Å². The molecule has 15 nitrogen and oxygen atoms in total. The Balaban J connectivity index is 1.24. The third kappa shape index (κ3) is 8.74. The molecule has 21 heteroatoms. The maximum Gasteiger partial charge on any atom is 0.417 e. The molecule has 0 unspecified atom stereocenters. The predicted octanol–water partition coefficient (Wildman–Crippen LogP) is 13.3. The quantitative estimate of drug-likeness (QED) is 0.137. The molecule has 12 aromatic rings. The zero-order chi connectivity index (χ0) is 56.3. The maximum absolute atomic E-state index is 15.5. The molecule has 0 spiro atoms. The summed E-state index contributed by atoms with van der Waals surface area (Å²) in [6, 6.07) is 28.3. The average Bonchev–Trinajstić information content (AvgIpc) is 2.84. The molecule has 0 amide bonds. The van der Waals surface area contributed by atoms with Crippen LogP contribution in [0.25, 0.3) is 112 Å². The summed E-state index contributed by atoms with van der Waals surface area (Å²) < 4.78 is 96.6. The van der Waals surface area contributed by atoms with E-state index in [0.717, 1.165) is 6.07 Å². The number of hydrogen-bond acceptors (Lipinski definition) is 13. The van der Waals surface area contributed by atoms with Gasteiger partial charge in [-0.1, -0.05) is 12.1 Å². The minimum Gasteiger partial charge on any atom is -0.308 e. The van der Waals surface area contributed by atoms with E-state index in [4.69, 9.17) is 0 Å². The normalized spacial score (nSPS) is 12.1. The van der Waals surface area contributed by atoms with Gasteiger partial charge in [-0.25, -0.2) is 59.8 Å². The molecular formula is C59H41F6N15. The summed E-state index contributed by atoms with van der Waals surface area (Å²) in [5, 5.41) is 14.1. The van der Waals surface area contributed by atoms with Crippen molar-refractivity contribution in [2.75, 3.05) is 0 Å². The number of nitrogens with zero attached hydrogens (tertiary/aromatic N) is 15. The number of rotatable bonds is 7. The van der Waals surface area contributed by atoms with Crippen molar-refractivity contribution in [3.8, 4) is 74.1 Å². The second-order valence-corrected chi connectivity index (χ2v) is 19.3. The van der Waals surface area contributed by atoms with Gasteiger partial charge in [-0.15, -0.1) is 0 Å². The highest BCUT2D eigenvalue weighted by molar-refractivity contribution is 6.14. The summed E-state index contributed by atoms with van der Waals surface area (Å²) >= 11 is 0. The number of nitriles is 1. The number of aromatic nitrogens is 14. The Morgan fingerprint density at radius 1 is 0.375 bits per heavy atom. The Morgan fingerprint density at radius 3 is 0.963 bits per heavy atom. The summed E-state index contributed by atoms with van der Waals surface area (Å²) in [6.07, 6.45) is -10.6. The molecule has 0 saturated carbocycles. The summed E-state index contributed by atoms with van der Waals surface area (Å²) in [7, 11) is 0. The molecule has 0 aliphatic rings. The van der Waals surface area contributed by atoms with Crippen molar-refractivity contribution in [3.05, 3.63) is 166 Å². The molecule has 0 aliphatic carbocycles. The van der Waals surface area contributed by atoms with Crippen molar-refractivity contribution >= 4 is 43.6 Å². The van der Waals surface area contributed by atoms with Gasteiger partial charge >= 0.3 is 12.4 Å². The van der Waals surface area contributed by atoms with Crippen molar-refractivity contribution < 1.29 is 26.3 Å². The Bertz CT molecular complexity index is 4320. The minimum atomic E-state index is -5.29. The van der Waals surface area contributed by atoms with Crippen LogP contribution in [0.5, 0.6) is 0 Å². The molecule has 0 saturated heterocycles. The molecule has 0 bridgehead atoms. The number of hydrogen-bond donors (Lipinski definition) is 0. The van der Waals surface area contributed by atoms with E-state index >= 15 is 26.3 Å². The highest BCUT2D eigenvalue weighted by Crippen LogP contribution is 2.50. The average molecular weight is 1070 g/mol. The highest BCUT2D eigenvalue weighted by Gasteiger charge is 2.42. The maximum atomic E-state index is 15.5. The van der Waals surface area contributed by atoms with Crippen molar-refractivity contribution in [1.29, 1.82) is 5.26 Å².